The second-order valence-corrected chi connectivity index (χ2v) is 6.16. The van der Waals surface area contributed by atoms with Gasteiger partial charge < -0.3 is 14.4 Å². The highest BCUT2D eigenvalue weighted by atomic mass is 16.5. The first-order valence-corrected chi connectivity index (χ1v) is 8.45. The zero-order valence-corrected chi connectivity index (χ0v) is 14.6. The van der Waals surface area contributed by atoms with Crippen molar-refractivity contribution in [1.29, 1.82) is 0 Å². The van der Waals surface area contributed by atoms with Crippen LogP contribution in [0.15, 0.2) is 54.6 Å². The first-order chi connectivity index (χ1) is 12.2. The summed E-state index contributed by atoms with van der Waals surface area (Å²) in [7, 11) is 3.23. The number of benzene rings is 2. The summed E-state index contributed by atoms with van der Waals surface area (Å²) in [4.78, 5) is 14.6. The molecule has 0 heterocycles. The molecule has 1 aliphatic carbocycles. The Labute approximate surface area is 148 Å². The molecule has 0 unspecified atom stereocenters. The molecule has 4 nitrogen and oxygen atoms in total. The SMILES string of the molecule is COc1cc(/C=C/C(=O)N(Cc2ccccc2)C2CC2)cc(OC)c1. The van der Waals surface area contributed by atoms with Crippen molar-refractivity contribution in [3.05, 3.63) is 65.7 Å². The lowest BCUT2D eigenvalue weighted by atomic mass is 10.1. The predicted octanol–water partition coefficient (Wildman–Crippen LogP) is 3.91. The van der Waals surface area contributed by atoms with Gasteiger partial charge in [-0.2, -0.15) is 0 Å². The molecule has 25 heavy (non-hydrogen) atoms. The van der Waals surface area contributed by atoms with Crippen molar-refractivity contribution in [3.63, 3.8) is 0 Å². The number of carbonyl (C=O) groups is 1. The fourth-order valence-electron chi connectivity index (χ4n) is 2.74. The van der Waals surface area contributed by atoms with E-state index in [2.05, 4.69) is 12.1 Å². The standard InChI is InChI=1S/C21H23NO3/c1-24-19-12-17(13-20(14-19)25-2)8-11-21(23)22(18-9-10-18)15-16-6-4-3-5-7-16/h3-8,11-14,18H,9-10,15H2,1-2H3/b11-8+. The summed E-state index contributed by atoms with van der Waals surface area (Å²) in [5.41, 5.74) is 2.03. The molecule has 1 fully saturated rings. The molecule has 0 radical (unpaired) electrons. The number of amides is 1. The molecule has 1 amide bonds. The number of nitrogens with zero attached hydrogens (tertiary/aromatic N) is 1. The van der Waals surface area contributed by atoms with Gasteiger partial charge in [-0.25, -0.2) is 0 Å². The van der Waals surface area contributed by atoms with E-state index in [0.29, 0.717) is 24.1 Å². The largest absolute Gasteiger partial charge is 0.497 e. The number of hydrogen-bond acceptors (Lipinski definition) is 3. The second kappa shape index (κ2) is 7.88. The van der Waals surface area contributed by atoms with Crippen LogP contribution >= 0.6 is 0 Å². The van der Waals surface area contributed by atoms with Crippen LogP contribution in [-0.2, 0) is 11.3 Å². The maximum Gasteiger partial charge on any atom is 0.247 e. The van der Waals surface area contributed by atoms with E-state index in [1.54, 1.807) is 20.3 Å². The van der Waals surface area contributed by atoms with Crippen molar-refractivity contribution in [2.24, 2.45) is 0 Å². The quantitative estimate of drug-likeness (QED) is 0.719. The second-order valence-electron chi connectivity index (χ2n) is 6.16. The highest BCUT2D eigenvalue weighted by molar-refractivity contribution is 5.92. The van der Waals surface area contributed by atoms with Crippen LogP contribution in [0.25, 0.3) is 6.08 Å². The van der Waals surface area contributed by atoms with E-state index in [4.69, 9.17) is 9.47 Å². The molecule has 0 bridgehead atoms. The van der Waals surface area contributed by atoms with Gasteiger partial charge in [-0.1, -0.05) is 30.3 Å². The lowest BCUT2D eigenvalue weighted by Gasteiger charge is -2.21. The van der Waals surface area contributed by atoms with Crippen molar-refractivity contribution in [2.45, 2.75) is 25.4 Å². The minimum Gasteiger partial charge on any atom is -0.497 e. The van der Waals surface area contributed by atoms with Gasteiger partial charge in [0.25, 0.3) is 0 Å². The lowest BCUT2D eigenvalue weighted by Crippen LogP contribution is -2.31. The summed E-state index contributed by atoms with van der Waals surface area (Å²) < 4.78 is 10.5. The van der Waals surface area contributed by atoms with Crippen molar-refractivity contribution < 1.29 is 14.3 Å². The molecule has 130 valence electrons. The molecule has 0 atom stereocenters. The monoisotopic (exact) mass is 337 g/mol. The number of ether oxygens (including phenoxy) is 2. The summed E-state index contributed by atoms with van der Waals surface area (Å²) >= 11 is 0. The molecule has 1 aliphatic rings. The van der Waals surface area contributed by atoms with Gasteiger partial charge in [-0.15, -0.1) is 0 Å². The Morgan fingerprint density at radius 2 is 1.72 bits per heavy atom. The average Bonchev–Trinajstić information content (AvgIpc) is 3.49. The summed E-state index contributed by atoms with van der Waals surface area (Å²) in [6, 6.07) is 16.0. The van der Waals surface area contributed by atoms with Crippen LogP contribution in [0.4, 0.5) is 0 Å². The van der Waals surface area contributed by atoms with E-state index in [0.717, 1.165) is 24.0 Å². The maximum absolute atomic E-state index is 12.7. The summed E-state index contributed by atoms with van der Waals surface area (Å²) in [6.45, 7) is 0.649. The third-order valence-corrected chi connectivity index (χ3v) is 4.26. The molecule has 0 aromatic heterocycles. The molecule has 0 N–H and O–H groups in total. The van der Waals surface area contributed by atoms with Crippen LogP contribution in [0, 0.1) is 0 Å². The van der Waals surface area contributed by atoms with Gasteiger partial charge in [0.15, 0.2) is 0 Å². The molecule has 2 aromatic rings. The Morgan fingerprint density at radius 1 is 1.08 bits per heavy atom. The van der Waals surface area contributed by atoms with Gasteiger partial charge in [-0.05, 0) is 42.2 Å². The van der Waals surface area contributed by atoms with E-state index in [9.17, 15) is 4.79 Å². The first kappa shape index (κ1) is 17.1. The molecular weight excluding hydrogens is 314 g/mol. The zero-order chi connectivity index (χ0) is 17.6. The molecule has 2 aromatic carbocycles. The van der Waals surface area contributed by atoms with Gasteiger partial charge in [0.05, 0.1) is 14.2 Å². The van der Waals surface area contributed by atoms with E-state index < -0.39 is 0 Å². The maximum atomic E-state index is 12.7. The fourth-order valence-corrected chi connectivity index (χ4v) is 2.74. The Balaban J connectivity index is 1.74. The van der Waals surface area contributed by atoms with Crippen molar-refractivity contribution in [1.82, 2.24) is 4.90 Å². The van der Waals surface area contributed by atoms with Crippen molar-refractivity contribution >= 4 is 12.0 Å². The molecule has 0 aliphatic heterocycles. The summed E-state index contributed by atoms with van der Waals surface area (Å²) in [6.07, 6.45) is 5.61. The van der Waals surface area contributed by atoms with E-state index in [1.807, 2.05) is 47.4 Å². The highest BCUT2D eigenvalue weighted by Crippen LogP contribution is 2.29. The van der Waals surface area contributed by atoms with Crippen LogP contribution in [0.2, 0.25) is 0 Å². The molecule has 3 rings (SSSR count). The van der Waals surface area contributed by atoms with E-state index in [1.165, 1.54) is 0 Å². The Bertz CT molecular complexity index is 729. The number of methoxy groups -OCH3 is 2. The summed E-state index contributed by atoms with van der Waals surface area (Å²) in [5.74, 6) is 1.44. The molecule has 1 saturated carbocycles. The van der Waals surface area contributed by atoms with Gasteiger partial charge >= 0.3 is 0 Å². The fraction of sp³-hybridized carbons (Fsp3) is 0.286. The molecule has 4 heteroatoms. The topological polar surface area (TPSA) is 38.8 Å². The summed E-state index contributed by atoms with van der Waals surface area (Å²) in [5, 5.41) is 0. The average molecular weight is 337 g/mol. The van der Waals surface area contributed by atoms with Crippen LogP contribution < -0.4 is 9.47 Å². The van der Waals surface area contributed by atoms with E-state index >= 15 is 0 Å². The number of carbonyl (C=O) groups excluding carboxylic acids is 1. The van der Waals surface area contributed by atoms with Gasteiger partial charge in [0.1, 0.15) is 11.5 Å². The van der Waals surface area contributed by atoms with Crippen LogP contribution in [0.1, 0.15) is 24.0 Å². The van der Waals surface area contributed by atoms with Gasteiger partial charge in [0, 0.05) is 24.7 Å². The van der Waals surface area contributed by atoms with Crippen molar-refractivity contribution in [3.8, 4) is 11.5 Å². The van der Waals surface area contributed by atoms with E-state index in [-0.39, 0.29) is 5.91 Å². The van der Waals surface area contributed by atoms with Crippen LogP contribution in [0.3, 0.4) is 0 Å². The number of hydrogen-bond donors (Lipinski definition) is 0. The third kappa shape index (κ3) is 4.63. The predicted molar refractivity (Wildman–Crippen MR) is 98.6 cm³/mol. The normalized spacial score (nSPS) is 13.7. The smallest absolute Gasteiger partial charge is 0.247 e. The van der Waals surface area contributed by atoms with Gasteiger partial charge in [-0.3, -0.25) is 4.79 Å². The lowest BCUT2D eigenvalue weighted by molar-refractivity contribution is -0.127. The third-order valence-electron chi connectivity index (χ3n) is 4.26. The van der Waals surface area contributed by atoms with Crippen molar-refractivity contribution in [2.75, 3.05) is 14.2 Å². The molecular formula is C21H23NO3. The Kier molecular flexibility index (Phi) is 5.39. The zero-order valence-electron chi connectivity index (χ0n) is 14.6. The number of rotatable bonds is 7. The minimum absolute atomic E-state index is 0.0353. The molecule has 0 spiro atoms. The Morgan fingerprint density at radius 3 is 2.28 bits per heavy atom. The Hall–Kier alpha value is -2.75. The van der Waals surface area contributed by atoms with Crippen LogP contribution in [0.5, 0.6) is 11.5 Å². The molecule has 0 saturated heterocycles. The highest BCUT2D eigenvalue weighted by Gasteiger charge is 2.31. The van der Waals surface area contributed by atoms with Crippen LogP contribution in [-0.4, -0.2) is 31.1 Å². The van der Waals surface area contributed by atoms with Gasteiger partial charge in [0.2, 0.25) is 5.91 Å². The first-order valence-electron chi connectivity index (χ1n) is 8.45. The minimum atomic E-state index is 0.0353.